The van der Waals surface area contributed by atoms with Crippen LogP contribution in [-0.4, -0.2) is 22.2 Å². The van der Waals surface area contributed by atoms with Crippen LogP contribution in [0.3, 0.4) is 0 Å². The standard InChI is InChI=1S/C7H7I.2C2H4O2/c1-6-3-2-4-7(8)5-6;2*1-2(3)4/h2-5H,1H3;2*1H3,(H,3,4). The highest BCUT2D eigenvalue weighted by molar-refractivity contribution is 14.1. The largest absolute Gasteiger partial charge is 0.481 e. The fourth-order valence-electron chi connectivity index (χ4n) is 0.606. The average Bonchev–Trinajstić information content (AvgIpc) is 2.00. The molecule has 0 saturated carbocycles. The van der Waals surface area contributed by atoms with Crippen molar-refractivity contribution in [3.05, 3.63) is 33.4 Å². The molecular formula is C11H15IO4. The zero-order valence-electron chi connectivity index (χ0n) is 9.40. The quantitative estimate of drug-likeness (QED) is 0.714. The predicted molar refractivity (Wildman–Crippen MR) is 70.5 cm³/mol. The molecule has 0 aliphatic carbocycles. The van der Waals surface area contributed by atoms with E-state index < -0.39 is 11.9 Å². The monoisotopic (exact) mass is 338 g/mol. The van der Waals surface area contributed by atoms with Crippen molar-refractivity contribution in [2.24, 2.45) is 0 Å². The highest BCUT2D eigenvalue weighted by Gasteiger charge is 1.82. The van der Waals surface area contributed by atoms with Gasteiger partial charge < -0.3 is 10.2 Å². The van der Waals surface area contributed by atoms with E-state index in [0.29, 0.717) is 0 Å². The van der Waals surface area contributed by atoms with Gasteiger partial charge in [0.2, 0.25) is 0 Å². The first-order chi connectivity index (χ1) is 7.25. The Morgan fingerprint density at radius 2 is 1.50 bits per heavy atom. The molecule has 0 bridgehead atoms. The second-order valence-electron chi connectivity index (χ2n) is 2.84. The summed E-state index contributed by atoms with van der Waals surface area (Å²) in [4.78, 5) is 18.0. The van der Waals surface area contributed by atoms with Crippen LogP contribution in [0.4, 0.5) is 0 Å². The van der Waals surface area contributed by atoms with Crippen molar-refractivity contribution < 1.29 is 19.8 Å². The van der Waals surface area contributed by atoms with Crippen molar-refractivity contribution in [2.45, 2.75) is 20.8 Å². The van der Waals surface area contributed by atoms with Gasteiger partial charge in [0.1, 0.15) is 0 Å². The van der Waals surface area contributed by atoms with E-state index in [-0.39, 0.29) is 0 Å². The smallest absolute Gasteiger partial charge is 0.300 e. The number of aliphatic carboxylic acids is 2. The van der Waals surface area contributed by atoms with Crippen LogP contribution in [-0.2, 0) is 9.59 Å². The van der Waals surface area contributed by atoms with E-state index in [1.807, 2.05) is 0 Å². The molecule has 2 N–H and O–H groups in total. The third-order valence-electron chi connectivity index (χ3n) is 0.980. The summed E-state index contributed by atoms with van der Waals surface area (Å²) >= 11 is 2.31. The predicted octanol–water partition coefficient (Wildman–Crippen LogP) is 2.78. The molecular weight excluding hydrogens is 323 g/mol. The van der Waals surface area contributed by atoms with E-state index in [9.17, 15) is 0 Å². The molecule has 1 rings (SSSR count). The number of hydrogen-bond donors (Lipinski definition) is 2. The van der Waals surface area contributed by atoms with Crippen molar-refractivity contribution in [1.29, 1.82) is 0 Å². The van der Waals surface area contributed by atoms with E-state index in [0.717, 1.165) is 13.8 Å². The summed E-state index contributed by atoms with van der Waals surface area (Å²) in [6.45, 7) is 4.27. The van der Waals surface area contributed by atoms with Crippen LogP contribution in [0.25, 0.3) is 0 Å². The van der Waals surface area contributed by atoms with Gasteiger partial charge in [-0.25, -0.2) is 0 Å². The molecule has 0 amide bonds. The normalized spacial score (nSPS) is 7.75. The number of carboxylic acid groups (broad SMARTS) is 2. The second kappa shape index (κ2) is 10.4. The second-order valence-corrected chi connectivity index (χ2v) is 4.08. The summed E-state index contributed by atoms with van der Waals surface area (Å²) in [6, 6.07) is 8.41. The van der Waals surface area contributed by atoms with E-state index in [4.69, 9.17) is 19.8 Å². The van der Waals surface area contributed by atoms with Gasteiger partial charge in [0.25, 0.3) is 11.9 Å². The Morgan fingerprint density at radius 3 is 1.69 bits per heavy atom. The van der Waals surface area contributed by atoms with Crippen LogP contribution in [0.2, 0.25) is 0 Å². The van der Waals surface area contributed by atoms with Gasteiger partial charge in [0.15, 0.2) is 0 Å². The van der Waals surface area contributed by atoms with E-state index in [2.05, 4.69) is 53.8 Å². The third kappa shape index (κ3) is 23.1. The summed E-state index contributed by atoms with van der Waals surface area (Å²) in [7, 11) is 0. The van der Waals surface area contributed by atoms with Crippen molar-refractivity contribution in [3.63, 3.8) is 0 Å². The SMILES string of the molecule is CC(=O)O.CC(=O)O.Cc1cccc(I)c1. The molecule has 0 aromatic heterocycles. The Labute approximate surface area is 108 Å². The molecule has 90 valence electrons. The Bertz CT molecular complexity index is 299. The fraction of sp³-hybridized carbons (Fsp3) is 0.273. The number of halogens is 1. The zero-order chi connectivity index (χ0) is 13.1. The van der Waals surface area contributed by atoms with Gasteiger partial charge in [-0.3, -0.25) is 9.59 Å². The van der Waals surface area contributed by atoms with Crippen LogP contribution in [0.1, 0.15) is 19.4 Å². The number of carboxylic acids is 2. The lowest BCUT2D eigenvalue weighted by molar-refractivity contribution is -0.135. The van der Waals surface area contributed by atoms with Crippen molar-refractivity contribution in [2.75, 3.05) is 0 Å². The molecule has 16 heavy (non-hydrogen) atoms. The first kappa shape index (κ1) is 17.3. The van der Waals surface area contributed by atoms with Crippen LogP contribution in [0, 0.1) is 10.5 Å². The maximum atomic E-state index is 9.00. The van der Waals surface area contributed by atoms with Gasteiger partial charge in [-0.15, -0.1) is 0 Å². The first-order valence-electron chi connectivity index (χ1n) is 4.37. The van der Waals surface area contributed by atoms with Crippen LogP contribution >= 0.6 is 22.6 Å². The Morgan fingerprint density at radius 1 is 1.12 bits per heavy atom. The van der Waals surface area contributed by atoms with Gasteiger partial charge in [-0.2, -0.15) is 0 Å². The highest BCUT2D eigenvalue weighted by Crippen LogP contribution is 2.05. The van der Waals surface area contributed by atoms with Crippen LogP contribution in [0.5, 0.6) is 0 Å². The molecule has 1 aromatic rings. The minimum absolute atomic E-state index is 0.833. The summed E-state index contributed by atoms with van der Waals surface area (Å²) in [5.41, 5.74) is 1.33. The molecule has 5 heteroatoms. The zero-order valence-corrected chi connectivity index (χ0v) is 11.6. The number of carbonyl (C=O) groups is 2. The van der Waals surface area contributed by atoms with E-state index in [1.54, 1.807) is 0 Å². The summed E-state index contributed by atoms with van der Waals surface area (Å²) in [5.74, 6) is -1.67. The van der Waals surface area contributed by atoms with Crippen LogP contribution < -0.4 is 0 Å². The molecule has 0 spiro atoms. The van der Waals surface area contributed by atoms with Crippen molar-refractivity contribution in [3.8, 4) is 0 Å². The van der Waals surface area contributed by atoms with E-state index in [1.165, 1.54) is 9.13 Å². The Hall–Kier alpha value is -1.11. The molecule has 0 heterocycles. The van der Waals surface area contributed by atoms with Crippen molar-refractivity contribution >= 4 is 34.5 Å². The first-order valence-corrected chi connectivity index (χ1v) is 5.44. The lowest BCUT2D eigenvalue weighted by atomic mass is 10.2. The van der Waals surface area contributed by atoms with Gasteiger partial charge in [0.05, 0.1) is 0 Å². The van der Waals surface area contributed by atoms with Gasteiger partial charge >= 0.3 is 0 Å². The molecule has 0 saturated heterocycles. The molecule has 0 unspecified atom stereocenters. The topological polar surface area (TPSA) is 74.6 Å². The number of benzene rings is 1. The molecule has 0 fully saturated rings. The maximum absolute atomic E-state index is 9.00. The highest BCUT2D eigenvalue weighted by atomic mass is 127. The molecule has 0 atom stereocenters. The summed E-state index contributed by atoms with van der Waals surface area (Å²) in [5, 5.41) is 14.8. The molecule has 1 aromatic carbocycles. The van der Waals surface area contributed by atoms with Gasteiger partial charge in [0, 0.05) is 17.4 Å². The maximum Gasteiger partial charge on any atom is 0.300 e. The Balaban J connectivity index is 0. The van der Waals surface area contributed by atoms with Gasteiger partial charge in [-0.05, 0) is 41.6 Å². The number of hydrogen-bond acceptors (Lipinski definition) is 2. The van der Waals surface area contributed by atoms with Crippen molar-refractivity contribution in [1.82, 2.24) is 0 Å². The van der Waals surface area contributed by atoms with E-state index >= 15 is 0 Å². The molecule has 4 nitrogen and oxygen atoms in total. The molecule has 0 aliphatic heterocycles. The Kier molecular flexibility index (Phi) is 11.2. The lowest BCUT2D eigenvalue weighted by Crippen LogP contribution is -1.78. The lowest BCUT2D eigenvalue weighted by Gasteiger charge is -1.89. The molecule has 0 aliphatic rings. The molecule has 0 radical (unpaired) electrons. The number of aryl methyl sites for hydroxylation is 1. The third-order valence-corrected chi connectivity index (χ3v) is 1.65. The summed E-state index contributed by atoms with van der Waals surface area (Å²) < 4.78 is 1.31. The van der Waals surface area contributed by atoms with Crippen LogP contribution in [0.15, 0.2) is 24.3 Å². The minimum Gasteiger partial charge on any atom is -0.481 e. The van der Waals surface area contributed by atoms with Gasteiger partial charge in [-0.1, -0.05) is 17.7 Å². The fourth-order valence-corrected chi connectivity index (χ4v) is 1.30. The average molecular weight is 338 g/mol. The number of rotatable bonds is 0. The summed E-state index contributed by atoms with van der Waals surface area (Å²) in [6.07, 6.45) is 0. The minimum atomic E-state index is -0.833.